The fraction of sp³-hybridized carbons (Fsp3) is 0. The topological polar surface area (TPSA) is 18.5 Å². The van der Waals surface area contributed by atoms with Crippen molar-refractivity contribution in [2.24, 2.45) is 0 Å². The number of halogens is 7. The van der Waals surface area contributed by atoms with Crippen molar-refractivity contribution in [2.45, 2.75) is 0 Å². The van der Waals surface area contributed by atoms with Gasteiger partial charge in [0.1, 0.15) is 5.02 Å². The molecule has 1 aliphatic heterocycles. The minimum atomic E-state index is 0.280. The average molecular weight is 648 g/mol. The lowest BCUT2D eigenvalue weighted by atomic mass is 10.2. The van der Waals surface area contributed by atoms with Crippen molar-refractivity contribution in [3.05, 3.63) is 38.5 Å². The molecular formula is C12HBr5Cl2O2. The minimum Gasteiger partial charge on any atom is -0.448 e. The van der Waals surface area contributed by atoms with Crippen LogP contribution in [-0.2, 0) is 0 Å². The van der Waals surface area contributed by atoms with Crippen molar-refractivity contribution >= 4 is 103 Å². The first kappa shape index (κ1) is 16.9. The summed E-state index contributed by atoms with van der Waals surface area (Å²) in [7, 11) is 0. The molecule has 0 aromatic heterocycles. The third-order valence-electron chi connectivity index (χ3n) is 2.68. The highest BCUT2D eigenvalue weighted by Crippen LogP contribution is 2.59. The summed E-state index contributed by atoms with van der Waals surface area (Å²) in [6, 6.07) is 1.79. The van der Waals surface area contributed by atoms with E-state index < -0.39 is 0 Å². The Kier molecular flexibility index (Phi) is 4.94. The van der Waals surface area contributed by atoms with Gasteiger partial charge in [-0.2, -0.15) is 0 Å². The van der Waals surface area contributed by atoms with Crippen molar-refractivity contribution in [1.29, 1.82) is 0 Å². The Morgan fingerprint density at radius 1 is 0.667 bits per heavy atom. The molecule has 1 heterocycles. The largest absolute Gasteiger partial charge is 0.448 e. The Bertz CT molecular complexity index is 794. The van der Waals surface area contributed by atoms with E-state index in [2.05, 4.69) is 79.6 Å². The smallest absolute Gasteiger partial charge is 0.191 e. The average Bonchev–Trinajstić information content (AvgIpc) is 2.47. The van der Waals surface area contributed by atoms with Gasteiger partial charge in [0.25, 0.3) is 0 Å². The van der Waals surface area contributed by atoms with E-state index in [1.807, 2.05) is 0 Å². The van der Waals surface area contributed by atoms with Gasteiger partial charge >= 0.3 is 0 Å². The maximum atomic E-state index is 6.25. The predicted molar refractivity (Wildman–Crippen MR) is 102 cm³/mol. The van der Waals surface area contributed by atoms with E-state index in [1.54, 1.807) is 6.07 Å². The zero-order chi connectivity index (χ0) is 15.5. The monoisotopic (exact) mass is 642 g/mol. The van der Waals surface area contributed by atoms with Gasteiger partial charge in [-0.15, -0.1) is 0 Å². The summed E-state index contributed by atoms with van der Waals surface area (Å²) in [5.74, 6) is 1.89. The van der Waals surface area contributed by atoms with Crippen LogP contribution in [0.1, 0.15) is 0 Å². The van der Waals surface area contributed by atoms with Crippen LogP contribution in [-0.4, -0.2) is 0 Å². The number of hydrogen-bond acceptors (Lipinski definition) is 2. The number of ether oxygens (including phenoxy) is 2. The van der Waals surface area contributed by atoms with Crippen molar-refractivity contribution in [2.75, 3.05) is 0 Å². The van der Waals surface area contributed by atoms with E-state index >= 15 is 0 Å². The Balaban J connectivity index is 2.27. The van der Waals surface area contributed by atoms with E-state index in [1.165, 1.54) is 0 Å². The third kappa shape index (κ3) is 2.71. The molecule has 0 spiro atoms. The van der Waals surface area contributed by atoms with Crippen LogP contribution in [0.25, 0.3) is 0 Å². The van der Waals surface area contributed by atoms with Crippen LogP contribution in [0.5, 0.6) is 23.0 Å². The molecule has 2 aromatic carbocycles. The molecule has 0 radical (unpaired) electrons. The second-order valence-corrected chi connectivity index (χ2v) is 8.71. The molecule has 0 unspecified atom stereocenters. The van der Waals surface area contributed by atoms with Crippen molar-refractivity contribution in [1.82, 2.24) is 0 Å². The molecule has 0 amide bonds. The summed E-state index contributed by atoms with van der Waals surface area (Å²) < 4.78 is 15.4. The zero-order valence-electron chi connectivity index (χ0n) is 9.54. The Hall–Kier alpha value is 1.02. The summed E-state index contributed by atoms with van der Waals surface area (Å²) in [4.78, 5) is 0. The lowest BCUT2D eigenvalue weighted by Gasteiger charge is -2.25. The molecule has 0 saturated carbocycles. The molecular weight excluding hydrogens is 647 g/mol. The molecule has 0 atom stereocenters. The molecule has 0 fully saturated rings. The third-order valence-corrected chi connectivity index (χ3v) is 9.10. The Morgan fingerprint density at radius 3 is 1.95 bits per heavy atom. The van der Waals surface area contributed by atoms with Crippen LogP contribution in [0, 0.1) is 0 Å². The summed E-state index contributed by atoms with van der Waals surface area (Å²) >= 11 is 29.6. The maximum absolute atomic E-state index is 6.25. The maximum Gasteiger partial charge on any atom is 0.191 e. The number of hydrogen-bond donors (Lipinski definition) is 0. The normalized spacial score (nSPS) is 12.3. The van der Waals surface area contributed by atoms with E-state index in [0.29, 0.717) is 37.0 Å². The molecule has 110 valence electrons. The van der Waals surface area contributed by atoms with E-state index in [9.17, 15) is 0 Å². The van der Waals surface area contributed by atoms with Gasteiger partial charge in [0, 0.05) is 15.0 Å². The number of fused-ring (bicyclic) bond motifs is 2. The van der Waals surface area contributed by atoms with Gasteiger partial charge < -0.3 is 9.47 Å². The number of rotatable bonds is 0. The summed E-state index contributed by atoms with van der Waals surface area (Å²) in [5, 5.41) is 0.632. The van der Waals surface area contributed by atoms with E-state index in [-0.39, 0.29) is 5.02 Å². The van der Waals surface area contributed by atoms with Crippen LogP contribution in [0.3, 0.4) is 0 Å². The van der Waals surface area contributed by atoms with Crippen molar-refractivity contribution in [3.63, 3.8) is 0 Å². The summed E-state index contributed by atoms with van der Waals surface area (Å²) in [6.07, 6.45) is 0. The molecule has 0 aliphatic carbocycles. The first-order valence-corrected chi connectivity index (χ1v) is 9.94. The summed E-state index contributed by atoms with van der Waals surface area (Å²) in [6.45, 7) is 0. The van der Waals surface area contributed by atoms with Crippen LogP contribution < -0.4 is 9.47 Å². The highest BCUT2D eigenvalue weighted by Gasteiger charge is 2.30. The van der Waals surface area contributed by atoms with Gasteiger partial charge in [-0.05, 0) is 79.6 Å². The number of benzene rings is 2. The molecule has 1 aliphatic rings. The lowest BCUT2D eigenvalue weighted by molar-refractivity contribution is 0.355. The van der Waals surface area contributed by atoms with Crippen LogP contribution >= 0.6 is 103 Å². The van der Waals surface area contributed by atoms with Crippen molar-refractivity contribution < 1.29 is 9.47 Å². The van der Waals surface area contributed by atoms with Crippen molar-refractivity contribution in [3.8, 4) is 23.0 Å². The fourth-order valence-electron chi connectivity index (χ4n) is 1.71. The SMILES string of the molecule is Clc1c(Cl)c2c(c(Br)c1Br)Oc1c(cc(Br)c(Br)c1Br)O2. The quantitative estimate of drug-likeness (QED) is 0.180. The highest BCUT2D eigenvalue weighted by atomic mass is 79.9. The van der Waals surface area contributed by atoms with Crippen LogP contribution in [0.15, 0.2) is 28.4 Å². The van der Waals surface area contributed by atoms with Crippen LogP contribution in [0.4, 0.5) is 0 Å². The first-order chi connectivity index (χ1) is 9.82. The van der Waals surface area contributed by atoms with Gasteiger partial charge in [0.2, 0.25) is 0 Å². The fourth-order valence-corrected chi connectivity index (χ4v) is 4.63. The molecule has 2 nitrogen and oxygen atoms in total. The molecule has 0 N–H and O–H groups in total. The lowest BCUT2D eigenvalue weighted by Crippen LogP contribution is -2.02. The minimum absolute atomic E-state index is 0.280. The zero-order valence-corrected chi connectivity index (χ0v) is 19.0. The predicted octanol–water partition coefficient (Wildman–Crippen LogP) is 8.70. The highest BCUT2D eigenvalue weighted by molar-refractivity contribution is 9.14. The molecule has 0 saturated heterocycles. The van der Waals surface area contributed by atoms with Gasteiger partial charge in [-0.1, -0.05) is 23.2 Å². The van der Waals surface area contributed by atoms with Crippen LogP contribution in [0.2, 0.25) is 10.0 Å². The molecule has 3 rings (SSSR count). The Labute approximate surface area is 172 Å². The second kappa shape index (κ2) is 6.15. The molecule has 21 heavy (non-hydrogen) atoms. The molecule has 0 bridgehead atoms. The van der Waals surface area contributed by atoms with Gasteiger partial charge in [0.15, 0.2) is 23.0 Å². The molecule has 2 aromatic rings. The second-order valence-electron chi connectivity index (χ2n) is 3.93. The van der Waals surface area contributed by atoms with E-state index in [0.717, 1.165) is 13.4 Å². The Morgan fingerprint density at radius 2 is 1.29 bits per heavy atom. The van der Waals surface area contributed by atoms with E-state index in [4.69, 9.17) is 32.7 Å². The first-order valence-electron chi connectivity index (χ1n) is 5.22. The summed E-state index contributed by atoms with van der Waals surface area (Å²) in [5.41, 5.74) is 0. The standard InChI is InChI=1S/C12HBr5Cl2O2/c13-2-1-3-10(6(16)4(2)14)21-11-7(17)5(15)8(18)9(19)12(11)20-3/h1H. The molecule has 9 heteroatoms. The van der Waals surface area contributed by atoms with Gasteiger partial charge in [0.05, 0.1) is 18.4 Å². The van der Waals surface area contributed by atoms with Gasteiger partial charge in [-0.3, -0.25) is 0 Å². The van der Waals surface area contributed by atoms with Gasteiger partial charge in [-0.25, -0.2) is 0 Å².